The summed E-state index contributed by atoms with van der Waals surface area (Å²) in [4.78, 5) is 14.6. The van der Waals surface area contributed by atoms with Gasteiger partial charge in [0.1, 0.15) is 0 Å². The van der Waals surface area contributed by atoms with Gasteiger partial charge in [-0.1, -0.05) is 36.8 Å². The van der Waals surface area contributed by atoms with Crippen molar-refractivity contribution in [3.05, 3.63) is 35.4 Å². The van der Waals surface area contributed by atoms with E-state index >= 15 is 0 Å². The van der Waals surface area contributed by atoms with E-state index in [4.69, 9.17) is 18.0 Å². The van der Waals surface area contributed by atoms with Crippen LogP contribution in [0.4, 0.5) is 0 Å². The summed E-state index contributed by atoms with van der Waals surface area (Å²) in [5.41, 5.74) is 7.36. The van der Waals surface area contributed by atoms with Crippen LogP contribution in [0.1, 0.15) is 35.7 Å². The highest BCUT2D eigenvalue weighted by atomic mass is 32.1. The number of thiocarbonyl (C=S) groups is 1. The Morgan fingerprint density at radius 1 is 1.28 bits per heavy atom. The van der Waals surface area contributed by atoms with E-state index in [0.717, 1.165) is 24.1 Å². The maximum Gasteiger partial charge on any atom is 0.253 e. The van der Waals surface area contributed by atoms with Crippen LogP contribution in [0.2, 0.25) is 0 Å². The number of aryl methyl sites for hydroxylation is 1. The number of rotatable bonds is 6. The first kappa shape index (κ1) is 14.6. The van der Waals surface area contributed by atoms with Gasteiger partial charge in [0.05, 0.1) is 4.99 Å². The number of benzene rings is 1. The van der Waals surface area contributed by atoms with Crippen LogP contribution in [0, 0.1) is 6.92 Å². The van der Waals surface area contributed by atoms with E-state index in [1.165, 1.54) is 0 Å². The summed E-state index contributed by atoms with van der Waals surface area (Å²) in [6.45, 7) is 5.38. The Labute approximate surface area is 114 Å². The molecule has 1 amide bonds. The van der Waals surface area contributed by atoms with Crippen molar-refractivity contribution in [1.82, 2.24) is 4.90 Å². The zero-order valence-corrected chi connectivity index (χ0v) is 11.8. The highest BCUT2D eigenvalue weighted by molar-refractivity contribution is 7.80. The van der Waals surface area contributed by atoms with E-state index in [2.05, 4.69) is 6.92 Å². The van der Waals surface area contributed by atoms with Gasteiger partial charge in [-0.2, -0.15) is 0 Å². The summed E-state index contributed by atoms with van der Waals surface area (Å²) in [7, 11) is 0. The van der Waals surface area contributed by atoms with Gasteiger partial charge in [0.15, 0.2) is 0 Å². The molecule has 1 aromatic carbocycles. The van der Waals surface area contributed by atoms with Gasteiger partial charge in [0.2, 0.25) is 0 Å². The summed E-state index contributed by atoms with van der Waals surface area (Å²) in [6.07, 6.45) is 1.50. The fourth-order valence-electron chi connectivity index (χ4n) is 1.71. The summed E-state index contributed by atoms with van der Waals surface area (Å²) >= 11 is 4.86. The summed E-state index contributed by atoms with van der Waals surface area (Å²) < 4.78 is 0. The minimum atomic E-state index is 0.0492. The highest BCUT2D eigenvalue weighted by Gasteiger charge is 2.14. The number of hydrogen-bond acceptors (Lipinski definition) is 2. The van der Waals surface area contributed by atoms with E-state index < -0.39 is 0 Å². The average Bonchev–Trinajstić information content (AvgIpc) is 2.34. The average molecular weight is 264 g/mol. The molecule has 0 radical (unpaired) electrons. The normalized spacial score (nSPS) is 10.1. The zero-order valence-electron chi connectivity index (χ0n) is 11.0. The highest BCUT2D eigenvalue weighted by Crippen LogP contribution is 2.08. The molecule has 4 heteroatoms. The van der Waals surface area contributed by atoms with Gasteiger partial charge in [-0.15, -0.1) is 0 Å². The molecule has 0 heterocycles. The molecule has 0 spiro atoms. The third-order valence-corrected chi connectivity index (χ3v) is 2.91. The molecule has 0 atom stereocenters. The number of nitrogens with two attached hydrogens (primary N) is 1. The number of carbonyl (C=O) groups is 1. The van der Waals surface area contributed by atoms with Gasteiger partial charge in [0, 0.05) is 25.1 Å². The molecule has 0 aliphatic heterocycles. The molecular formula is C14H20N2OS. The smallest absolute Gasteiger partial charge is 0.253 e. The predicted molar refractivity (Wildman–Crippen MR) is 78.8 cm³/mol. The lowest BCUT2D eigenvalue weighted by Crippen LogP contribution is -2.34. The maximum atomic E-state index is 12.3. The maximum absolute atomic E-state index is 12.3. The van der Waals surface area contributed by atoms with Gasteiger partial charge in [0.25, 0.3) is 5.91 Å². The summed E-state index contributed by atoms with van der Waals surface area (Å²) in [5, 5.41) is 0. The lowest BCUT2D eigenvalue weighted by atomic mass is 10.1. The Kier molecular flexibility index (Phi) is 5.78. The lowest BCUT2D eigenvalue weighted by Gasteiger charge is -2.22. The lowest BCUT2D eigenvalue weighted by molar-refractivity contribution is 0.0760. The molecule has 0 fully saturated rings. The SMILES string of the molecule is CCCN(CCC(N)=S)C(=O)c1ccc(C)cc1. The van der Waals surface area contributed by atoms with Gasteiger partial charge in [-0.3, -0.25) is 4.79 Å². The molecule has 0 saturated heterocycles. The molecule has 18 heavy (non-hydrogen) atoms. The molecule has 1 aromatic rings. The second kappa shape index (κ2) is 7.11. The van der Waals surface area contributed by atoms with Crippen molar-refractivity contribution in [2.24, 2.45) is 5.73 Å². The molecule has 1 rings (SSSR count). The van der Waals surface area contributed by atoms with Crippen LogP contribution < -0.4 is 5.73 Å². The Morgan fingerprint density at radius 2 is 1.89 bits per heavy atom. The fourth-order valence-corrected chi connectivity index (χ4v) is 1.80. The molecule has 0 aliphatic rings. The predicted octanol–water partition coefficient (Wildman–Crippen LogP) is 2.52. The van der Waals surface area contributed by atoms with Crippen molar-refractivity contribution in [2.45, 2.75) is 26.7 Å². The Balaban J connectivity index is 2.75. The zero-order chi connectivity index (χ0) is 13.5. The van der Waals surface area contributed by atoms with Crippen molar-refractivity contribution in [3.63, 3.8) is 0 Å². The summed E-state index contributed by atoms with van der Waals surface area (Å²) in [5.74, 6) is 0.0492. The van der Waals surface area contributed by atoms with Crippen LogP contribution in [0.5, 0.6) is 0 Å². The first-order valence-electron chi connectivity index (χ1n) is 6.19. The standard InChI is InChI=1S/C14H20N2OS/c1-3-9-16(10-8-13(15)18)14(17)12-6-4-11(2)5-7-12/h4-7H,3,8-10H2,1-2H3,(H2,15,18). The fraction of sp³-hybridized carbons (Fsp3) is 0.429. The number of hydrogen-bond donors (Lipinski definition) is 1. The molecule has 0 aliphatic carbocycles. The van der Waals surface area contributed by atoms with Gasteiger partial charge in [-0.05, 0) is 25.5 Å². The third kappa shape index (κ3) is 4.45. The van der Waals surface area contributed by atoms with Crippen molar-refractivity contribution in [2.75, 3.05) is 13.1 Å². The Morgan fingerprint density at radius 3 is 2.39 bits per heavy atom. The molecule has 0 aromatic heterocycles. The van der Waals surface area contributed by atoms with Gasteiger partial charge >= 0.3 is 0 Å². The van der Waals surface area contributed by atoms with Crippen LogP contribution >= 0.6 is 12.2 Å². The molecular weight excluding hydrogens is 244 g/mol. The number of nitrogens with zero attached hydrogens (tertiary/aromatic N) is 1. The first-order valence-corrected chi connectivity index (χ1v) is 6.59. The van der Waals surface area contributed by atoms with Crippen LogP contribution in [0.25, 0.3) is 0 Å². The molecule has 0 unspecified atom stereocenters. The van der Waals surface area contributed by atoms with E-state index in [-0.39, 0.29) is 5.91 Å². The largest absolute Gasteiger partial charge is 0.393 e. The van der Waals surface area contributed by atoms with E-state index in [1.807, 2.05) is 36.1 Å². The minimum absolute atomic E-state index is 0.0492. The second-order valence-corrected chi connectivity index (χ2v) is 4.90. The molecule has 2 N–H and O–H groups in total. The van der Waals surface area contributed by atoms with E-state index in [0.29, 0.717) is 18.0 Å². The summed E-state index contributed by atoms with van der Waals surface area (Å²) in [6, 6.07) is 7.62. The monoisotopic (exact) mass is 264 g/mol. The minimum Gasteiger partial charge on any atom is -0.393 e. The molecule has 0 bridgehead atoms. The van der Waals surface area contributed by atoms with Crippen LogP contribution in [-0.4, -0.2) is 28.9 Å². The van der Waals surface area contributed by atoms with Crippen LogP contribution in [0.15, 0.2) is 24.3 Å². The Bertz CT molecular complexity index is 414. The quantitative estimate of drug-likeness (QED) is 0.803. The topological polar surface area (TPSA) is 46.3 Å². The molecule has 3 nitrogen and oxygen atoms in total. The second-order valence-electron chi connectivity index (χ2n) is 4.37. The molecule has 98 valence electrons. The van der Waals surface area contributed by atoms with Crippen LogP contribution in [-0.2, 0) is 0 Å². The van der Waals surface area contributed by atoms with Gasteiger partial charge in [-0.25, -0.2) is 0 Å². The van der Waals surface area contributed by atoms with Crippen LogP contribution in [0.3, 0.4) is 0 Å². The molecule has 0 saturated carbocycles. The van der Waals surface area contributed by atoms with Crippen molar-refractivity contribution in [3.8, 4) is 0 Å². The number of carbonyl (C=O) groups excluding carboxylic acids is 1. The Hall–Kier alpha value is -1.42. The van der Waals surface area contributed by atoms with E-state index in [9.17, 15) is 4.79 Å². The van der Waals surface area contributed by atoms with Crippen molar-refractivity contribution in [1.29, 1.82) is 0 Å². The van der Waals surface area contributed by atoms with Crippen molar-refractivity contribution < 1.29 is 4.79 Å². The first-order chi connectivity index (χ1) is 8.54. The third-order valence-electron chi connectivity index (χ3n) is 2.71. The van der Waals surface area contributed by atoms with E-state index in [1.54, 1.807) is 0 Å². The number of amides is 1. The van der Waals surface area contributed by atoms with Gasteiger partial charge < -0.3 is 10.6 Å². The van der Waals surface area contributed by atoms with Crippen molar-refractivity contribution >= 4 is 23.1 Å².